The van der Waals surface area contributed by atoms with Crippen molar-refractivity contribution in [1.29, 1.82) is 0 Å². The summed E-state index contributed by atoms with van der Waals surface area (Å²) in [6.45, 7) is 8.88. The van der Waals surface area contributed by atoms with Gasteiger partial charge in [0.05, 0.1) is 12.2 Å². The maximum Gasteiger partial charge on any atom is 0.220 e. The molecular formula is C20H28N4O. The second-order valence-corrected chi connectivity index (χ2v) is 7.05. The number of aryl methyl sites for hydroxylation is 2. The third-order valence-corrected chi connectivity index (χ3v) is 5.01. The van der Waals surface area contributed by atoms with Crippen LogP contribution in [-0.4, -0.2) is 34.8 Å². The largest absolute Gasteiger partial charge is 0.352 e. The summed E-state index contributed by atoms with van der Waals surface area (Å²) in [5.41, 5.74) is 5.90. The quantitative estimate of drug-likeness (QED) is 0.848. The first-order chi connectivity index (χ1) is 12.0. The van der Waals surface area contributed by atoms with Crippen LogP contribution in [0.1, 0.15) is 40.9 Å². The van der Waals surface area contributed by atoms with E-state index in [4.69, 9.17) is 0 Å². The smallest absolute Gasteiger partial charge is 0.220 e. The monoisotopic (exact) mass is 340 g/mol. The van der Waals surface area contributed by atoms with Crippen LogP contribution in [0, 0.1) is 20.8 Å². The lowest BCUT2D eigenvalue weighted by molar-refractivity contribution is -0.121. The Hall–Kier alpha value is -2.14. The summed E-state index contributed by atoms with van der Waals surface area (Å²) in [6, 6.07) is 8.84. The summed E-state index contributed by atoms with van der Waals surface area (Å²) in [5, 5.41) is 11.1. The third kappa shape index (κ3) is 4.48. The van der Waals surface area contributed by atoms with Crippen LogP contribution < -0.4 is 10.6 Å². The molecule has 2 aromatic rings. The molecule has 1 aliphatic heterocycles. The second-order valence-electron chi connectivity index (χ2n) is 7.05. The molecule has 1 saturated heterocycles. The van der Waals surface area contributed by atoms with Crippen LogP contribution in [0.2, 0.25) is 0 Å². The number of carbonyl (C=O) groups excluding carboxylic acids is 1. The highest BCUT2D eigenvalue weighted by Gasteiger charge is 2.18. The fourth-order valence-electron chi connectivity index (χ4n) is 3.43. The van der Waals surface area contributed by atoms with E-state index in [1.54, 1.807) is 0 Å². The highest BCUT2D eigenvalue weighted by Crippen LogP contribution is 2.17. The topological polar surface area (TPSA) is 59.0 Å². The molecule has 25 heavy (non-hydrogen) atoms. The number of carbonyl (C=O) groups is 1. The molecule has 5 heteroatoms. The zero-order valence-electron chi connectivity index (χ0n) is 15.4. The van der Waals surface area contributed by atoms with E-state index in [1.165, 1.54) is 16.7 Å². The molecule has 0 saturated carbocycles. The van der Waals surface area contributed by atoms with Gasteiger partial charge in [0.2, 0.25) is 5.91 Å². The van der Waals surface area contributed by atoms with E-state index >= 15 is 0 Å². The Morgan fingerprint density at radius 1 is 1.28 bits per heavy atom. The molecule has 1 fully saturated rings. The lowest BCUT2D eigenvalue weighted by atomic mass is 10.1. The summed E-state index contributed by atoms with van der Waals surface area (Å²) in [5.74, 6) is 0.138. The van der Waals surface area contributed by atoms with E-state index < -0.39 is 0 Å². The maximum atomic E-state index is 12.2. The average molecular weight is 340 g/mol. The van der Waals surface area contributed by atoms with Crippen molar-refractivity contribution in [2.75, 3.05) is 13.1 Å². The van der Waals surface area contributed by atoms with E-state index in [2.05, 4.69) is 53.8 Å². The fraction of sp³-hybridized carbons (Fsp3) is 0.500. The summed E-state index contributed by atoms with van der Waals surface area (Å²) in [6.07, 6.45) is 2.30. The fourth-order valence-corrected chi connectivity index (χ4v) is 3.43. The maximum absolute atomic E-state index is 12.2. The zero-order valence-corrected chi connectivity index (χ0v) is 15.4. The average Bonchev–Trinajstić information content (AvgIpc) is 3.17. The highest BCUT2D eigenvalue weighted by molar-refractivity contribution is 5.76. The molecule has 0 bridgehead atoms. The van der Waals surface area contributed by atoms with Gasteiger partial charge in [-0.25, -0.2) is 0 Å². The predicted octanol–water partition coefficient (Wildman–Crippen LogP) is 2.27. The molecule has 0 spiro atoms. The summed E-state index contributed by atoms with van der Waals surface area (Å²) in [4.78, 5) is 12.2. The predicted molar refractivity (Wildman–Crippen MR) is 99.7 cm³/mol. The molecule has 5 nitrogen and oxygen atoms in total. The summed E-state index contributed by atoms with van der Waals surface area (Å²) in [7, 11) is 0. The van der Waals surface area contributed by atoms with E-state index in [1.807, 2.05) is 11.6 Å². The van der Waals surface area contributed by atoms with Crippen molar-refractivity contribution in [2.45, 2.75) is 52.6 Å². The normalized spacial score (nSPS) is 17.0. The standard InChI is InChI=1S/C20H28N4O/c1-14-4-6-17(7-5-14)13-24-16(3)19(15(2)23-24)8-9-20(25)22-18-10-11-21-12-18/h4-7,18,21H,8-13H2,1-3H3,(H,22,25). The highest BCUT2D eigenvalue weighted by atomic mass is 16.1. The van der Waals surface area contributed by atoms with Crippen LogP contribution in [0.3, 0.4) is 0 Å². The van der Waals surface area contributed by atoms with Gasteiger partial charge >= 0.3 is 0 Å². The van der Waals surface area contributed by atoms with Crippen LogP contribution in [0.4, 0.5) is 0 Å². The van der Waals surface area contributed by atoms with Gasteiger partial charge in [-0.2, -0.15) is 5.10 Å². The molecule has 134 valence electrons. The van der Waals surface area contributed by atoms with Crippen LogP contribution in [0.5, 0.6) is 0 Å². The van der Waals surface area contributed by atoms with E-state index in [0.29, 0.717) is 12.5 Å². The van der Waals surface area contributed by atoms with Gasteiger partial charge in [0.1, 0.15) is 0 Å². The van der Waals surface area contributed by atoms with Gasteiger partial charge < -0.3 is 10.6 Å². The first-order valence-corrected chi connectivity index (χ1v) is 9.11. The zero-order chi connectivity index (χ0) is 17.8. The van der Waals surface area contributed by atoms with Crippen molar-refractivity contribution in [2.24, 2.45) is 0 Å². The van der Waals surface area contributed by atoms with Crippen molar-refractivity contribution in [1.82, 2.24) is 20.4 Å². The van der Waals surface area contributed by atoms with Crippen molar-refractivity contribution >= 4 is 5.91 Å². The van der Waals surface area contributed by atoms with E-state index in [9.17, 15) is 4.79 Å². The Kier molecular flexibility index (Phi) is 5.53. The number of rotatable bonds is 6. The van der Waals surface area contributed by atoms with Crippen molar-refractivity contribution in [3.8, 4) is 0 Å². The number of nitrogens with zero attached hydrogens (tertiary/aromatic N) is 2. The minimum Gasteiger partial charge on any atom is -0.352 e. The molecule has 1 atom stereocenters. The van der Waals surface area contributed by atoms with Crippen LogP contribution in [-0.2, 0) is 17.8 Å². The Morgan fingerprint density at radius 2 is 2.04 bits per heavy atom. The van der Waals surface area contributed by atoms with Gasteiger partial charge in [0, 0.05) is 24.7 Å². The molecule has 1 amide bonds. The van der Waals surface area contributed by atoms with Crippen LogP contribution in [0.15, 0.2) is 24.3 Å². The van der Waals surface area contributed by atoms with E-state index in [-0.39, 0.29) is 5.91 Å². The molecule has 3 rings (SSSR count). The Bertz CT molecular complexity index is 727. The molecule has 2 N–H and O–H groups in total. The molecule has 1 aromatic carbocycles. The van der Waals surface area contributed by atoms with E-state index in [0.717, 1.165) is 43.9 Å². The lowest BCUT2D eigenvalue weighted by Crippen LogP contribution is -2.36. The van der Waals surface area contributed by atoms with Crippen molar-refractivity contribution < 1.29 is 4.79 Å². The van der Waals surface area contributed by atoms with Gasteiger partial charge in [-0.3, -0.25) is 9.48 Å². The second kappa shape index (κ2) is 7.83. The van der Waals surface area contributed by atoms with Gasteiger partial charge in [-0.05, 0) is 51.3 Å². The molecule has 1 aliphatic rings. The summed E-state index contributed by atoms with van der Waals surface area (Å²) < 4.78 is 2.05. The van der Waals surface area contributed by atoms with Gasteiger partial charge in [-0.15, -0.1) is 0 Å². The SMILES string of the molecule is Cc1ccc(Cn2nc(C)c(CCC(=O)NC3CCNC3)c2C)cc1. The van der Waals surface area contributed by atoms with Crippen LogP contribution in [0.25, 0.3) is 0 Å². The number of aromatic nitrogens is 2. The van der Waals surface area contributed by atoms with Gasteiger partial charge in [-0.1, -0.05) is 29.8 Å². The number of amides is 1. The molecular weight excluding hydrogens is 312 g/mol. The van der Waals surface area contributed by atoms with Crippen molar-refractivity contribution in [3.05, 3.63) is 52.3 Å². The van der Waals surface area contributed by atoms with Gasteiger partial charge in [0.15, 0.2) is 0 Å². The Morgan fingerprint density at radius 3 is 2.72 bits per heavy atom. The van der Waals surface area contributed by atoms with Crippen molar-refractivity contribution in [3.63, 3.8) is 0 Å². The Balaban J connectivity index is 1.61. The van der Waals surface area contributed by atoms with Crippen LogP contribution >= 0.6 is 0 Å². The minimum atomic E-state index is 0.138. The minimum absolute atomic E-state index is 0.138. The number of benzene rings is 1. The lowest BCUT2D eigenvalue weighted by Gasteiger charge is -2.11. The first kappa shape index (κ1) is 17.7. The number of nitrogens with one attached hydrogen (secondary N) is 2. The first-order valence-electron chi connectivity index (χ1n) is 9.11. The molecule has 1 aromatic heterocycles. The molecule has 0 aliphatic carbocycles. The van der Waals surface area contributed by atoms with Gasteiger partial charge in [0.25, 0.3) is 0 Å². The molecule has 2 heterocycles. The number of hydrogen-bond acceptors (Lipinski definition) is 3. The Labute approximate surface area is 149 Å². The molecule has 0 radical (unpaired) electrons. The molecule has 1 unspecified atom stereocenters. The third-order valence-electron chi connectivity index (χ3n) is 5.01. The summed E-state index contributed by atoms with van der Waals surface area (Å²) >= 11 is 0. The number of hydrogen-bond donors (Lipinski definition) is 2.